The zero-order valence-electron chi connectivity index (χ0n) is 12.5. The highest BCUT2D eigenvalue weighted by Crippen LogP contribution is 2.32. The van der Waals surface area contributed by atoms with Crippen LogP contribution in [0.5, 0.6) is 5.75 Å². The number of halogens is 4. The second kappa shape index (κ2) is 8.47. The number of rotatable bonds is 8. The Balaban J connectivity index is 1.98. The van der Waals surface area contributed by atoms with Gasteiger partial charge >= 0.3 is 6.36 Å². The third-order valence-corrected chi connectivity index (χ3v) is 5.76. The van der Waals surface area contributed by atoms with E-state index in [-0.39, 0.29) is 11.0 Å². The van der Waals surface area contributed by atoms with Gasteiger partial charge in [0.15, 0.2) is 5.75 Å². The van der Waals surface area contributed by atoms with Gasteiger partial charge in [0.25, 0.3) is 0 Å². The summed E-state index contributed by atoms with van der Waals surface area (Å²) in [7, 11) is -4.15. The van der Waals surface area contributed by atoms with Crippen LogP contribution in [0, 0.1) is 0 Å². The van der Waals surface area contributed by atoms with Crippen LogP contribution in [0.3, 0.4) is 0 Å². The Bertz CT molecular complexity index is 795. The van der Waals surface area contributed by atoms with Gasteiger partial charge in [0, 0.05) is 16.8 Å². The maximum atomic E-state index is 12.5. The van der Waals surface area contributed by atoms with E-state index in [0.29, 0.717) is 11.5 Å². The van der Waals surface area contributed by atoms with Crippen LogP contribution in [0.25, 0.3) is 0 Å². The van der Waals surface area contributed by atoms with E-state index in [9.17, 15) is 21.6 Å². The summed E-state index contributed by atoms with van der Waals surface area (Å²) in [5.74, 6) is 0.945. The summed E-state index contributed by atoms with van der Waals surface area (Å²) in [5.41, 5.74) is 0. The smallest absolute Gasteiger partial charge is 0.468 e. The molecule has 0 aliphatic carbocycles. The lowest BCUT2D eigenvalue weighted by molar-refractivity contribution is -0.275. The highest BCUT2D eigenvalue weighted by molar-refractivity contribution is 9.10. The first-order chi connectivity index (χ1) is 11.7. The van der Waals surface area contributed by atoms with Crippen molar-refractivity contribution in [3.8, 4) is 5.75 Å². The van der Waals surface area contributed by atoms with Crippen molar-refractivity contribution in [3.05, 3.63) is 46.8 Å². The molecule has 0 atom stereocenters. The van der Waals surface area contributed by atoms with Crippen LogP contribution in [0.2, 0.25) is 0 Å². The predicted molar refractivity (Wildman–Crippen MR) is 90.9 cm³/mol. The van der Waals surface area contributed by atoms with Crippen LogP contribution in [-0.4, -0.2) is 27.1 Å². The average Bonchev–Trinajstić information content (AvgIpc) is 2.98. The van der Waals surface area contributed by atoms with E-state index < -0.39 is 27.0 Å². The number of hydrogen-bond acceptors (Lipinski definition) is 5. The maximum absolute atomic E-state index is 12.5. The largest absolute Gasteiger partial charge is 0.573 e. The fourth-order valence-corrected chi connectivity index (χ4v) is 4.17. The molecule has 1 aromatic heterocycles. The first-order valence-electron chi connectivity index (χ1n) is 6.82. The summed E-state index contributed by atoms with van der Waals surface area (Å²) in [6.07, 6.45) is -3.46. The molecule has 2 rings (SSSR count). The van der Waals surface area contributed by atoms with E-state index in [1.807, 2.05) is 0 Å². The summed E-state index contributed by atoms with van der Waals surface area (Å²) in [4.78, 5) is -0.580. The minimum absolute atomic E-state index is 0.0508. The highest BCUT2D eigenvalue weighted by atomic mass is 79.9. The van der Waals surface area contributed by atoms with Crippen LogP contribution < -0.4 is 9.46 Å². The monoisotopic (exact) mass is 459 g/mol. The number of hydrogen-bond donors (Lipinski definition) is 1. The van der Waals surface area contributed by atoms with E-state index >= 15 is 0 Å². The minimum Gasteiger partial charge on any atom is -0.468 e. The van der Waals surface area contributed by atoms with E-state index in [2.05, 4.69) is 25.4 Å². The fourth-order valence-electron chi connectivity index (χ4n) is 1.80. The zero-order valence-corrected chi connectivity index (χ0v) is 15.8. The molecule has 0 amide bonds. The van der Waals surface area contributed by atoms with Gasteiger partial charge in [-0.15, -0.1) is 13.2 Å². The van der Waals surface area contributed by atoms with Gasteiger partial charge in [-0.05, 0) is 30.3 Å². The molecule has 2 aromatic rings. The van der Waals surface area contributed by atoms with Crippen molar-refractivity contribution in [3.63, 3.8) is 0 Å². The number of alkyl halides is 3. The minimum atomic E-state index is -5.00. The maximum Gasteiger partial charge on any atom is 0.573 e. The molecule has 11 heteroatoms. The quantitative estimate of drug-likeness (QED) is 0.600. The normalized spacial score (nSPS) is 12.3. The van der Waals surface area contributed by atoms with Crippen molar-refractivity contribution in [2.75, 3.05) is 12.3 Å². The van der Waals surface area contributed by atoms with Crippen molar-refractivity contribution in [2.24, 2.45) is 0 Å². The lowest BCUT2D eigenvalue weighted by Crippen LogP contribution is -2.27. The van der Waals surface area contributed by atoms with Crippen LogP contribution in [0.4, 0.5) is 13.2 Å². The van der Waals surface area contributed by atoms with Crippen LogP contribution in [-0.2, 0) is 15.8 Å². The van der Waals surface area contributed by atoms with Gasteiger partial charge in [-0.1, -0.05) is 15.9 Å². The molecule has 0 radical (unpaired) electrons. The van der Waals surface area contributed by atoms with Gasteiger partial charge in [-0.25, -0.2) is 13.1 Å². The summed E-state index contributed by atoms with van der Waals surface area (Å²) < 4.78 is 73.3. The Kier molecular flexibility index (Phi) is 6.83. The van der Waals surface area contributed by atoms with Gasteiger partial charge in [-0.3, -0.25) is 0 Å². The van der Waals surface area contributed by atoms with Crippen molar-refractivity contribution >= 4 is 37.7 Å². The van der Waals surface area contributed by atoms with Crippen LogP contribution >= 0.6 is 27.7 Å². The summed E-state index contributed by atoms with van der Waals surface area (Å²) in [6.45, 7) is 0.0508. The number of furan rings is 1. The second-order valence-electron chi connectivity index (χ2n) is 4.67. The van der Waals surface area contributed by atoms with E-state index in [1.54, 1.807) is 12.1 Å². The van der Waals surface area contributed by atoms with Gasteiger partial charge in [0.1, 0.15) is 10.7 Å². The predicted octanol–water partition coefficient (Wildman–Crippen LogP) is 4.15. The molecule has 25 heavy (non-hydrogen) atoms. The molecule has 0 aliphatic heterocycles. The second-order valence-corrected chi connectivity index (χ2v) is 8.42. The number of nitrogens with one attached hydrogen (secondary N) is 1. The number of benzene rings is 1. The summed E-state index contributed by atoms with van der Waals surface area (Å²) in [5, 5.41) is 0. The summed E-state index contributed by atoms with van der Waals surface area (Å²) >= 11 is 4.41. The first-order valence-corrected chi connectivity index (χ1v) is 10.3. The molecule has 1 N–H and O–H groups in total. The van der Waals surface area contributed by atoms with Crippen LogP contribution in [0.1, 0.15) is 5.76 Å². The Hall–Kier alpha value is -1.17. The molecule has 0 spiro atoms. The molecular weight excluding hydrogens is 447 g/mol. The molecule has 1 heterocycles. The lowest BCUT2D eigenvalue weighted by Gasteiger charge is -2.14. The van der Waals surface area contributed by atoms with Crippen molar-refractivity contribution < 1.29 is 30.7 Å². The van der Waals surface area contributed by atoms with Crippen molar-refractivity contribution in [1.82, 2.24) is 4.72 Å². The fraction of sp³-hybridized carbons (Fsp3) is 0.286. The van der Waals surface area contributed by atoms with E-state index in [4.69, 9.17) is 4.42 Å². The molecule has 0 bridgehead atoms. The Morgan fingerprint density at radius 1 is 1.28 bits per heavy atom. The molecule has 0 saturated heterocycles. The van der Waals surface area contributed by atoms with Crippen molar-refractivity contribution in [2.45, 2.75) is 17.0 Å². The molecule has 138 valence electrons. The third kappa shape index (κ3) is 6.57. The zero-order chi connectivity index (χ0) is 18.5. The SMILES string of the molecule is O=S(=O)(NCCSCc1ccco1)c1ccc(Br)cc1OC(F)(F)F. The number of ether oxygens (including phenoxy) is 1. The number of sulfonamides is 1. The lowest BCUT2D eigenvalue weighted by atomic mass is 10.3. The van der Waals surface area contributed by atoms with Gasteiger partial charge in [0.05, 0.1) is 12.0 Å². The molecule has 0 fully saturated rings. The Labute approximate surface area is 155 Å². The topological polar surface area (TPSA) is 68.5 Å². The highest BCUT2D eigenvalue weighted by Gasteiger charge is 2.34. The van der Waals surface area contributed by atoms with E-state index in [0.717, 1.165) is 17.9 Å². The molecule has 0 saturated carbocycles. The Morgan fingerprint density at radius 3 is 2.68 bits per heavy atom. The first kappa shape index (κ1) is 20.1. The van der Waals surface area contributed by atoms with Crippen molar-refractivity contribution in [1.29, 1.82) is 0 Å². The molecule has 5 nitrogen and oxygen atoms in total. The van der Waals surface area contributed by atoms with Gasteiger partial charge in [0.2, 0.25) is 10.0 Å². The van der Waals surface area contributed by atoms with Crippen LogP contribution in [0.15, 0.2) is 50.4 Å². The Morgan fingerprint density at radius 2 is 2.04 bits per heavy atom. The van der Waals surface area contributed by atoms with E-state index in [1.165, 1.54) is 24.1 Å². The average molecular weight is 460 g/mol. The molecular formula is C14H13BrF3NO4S2. The molecule has 0 unspecified atom stereocenters. The standard InChI is InChI=1S/C14H13BrF3NO4S2/c15-10-3-4-13(12(8-10)23-14(16,17)18)25(20,21)19-5-7-24-9-11-2-1-6-22-11/h1-4,6,8,19H,5,7,9H2. The molecule has 1 aromatic carbocycles. The number of thioether (sulfide) groups is 1. The third-order valence-electron chi connectivity index (χ3n) is 2.78. The van der Waals surface area contributed by atoms with Gasteiger partial charge in [-0.2, -0.15) is 11.8 Å². The summed E-state index contributed by atoms with van der Waals surface area (Å²) in [6, 6.07) is 6.86. The van der Waals surface area contributed by atoms with Gasteiger partial charge < -0.3 is 9.15 Å². The molecule has 0 aliphatic rings.